The summed E-state index contributed by atoms with van der Waals surface area (Å²) in [4.78, 5) is 0. The van der Waals surface area contributed by atoms with Crippen LogP contribution in [0.25, 0.3) is 111 Å². The second-order valence-electron chi connectivity index (χ2n) is 19.1. The first-order valence-corrected chi connectivity index (χ1v) is 24.7. The van der Waals surface area contributed by atoms with Gasteiger partial charge in [-0.1, -0.05) is 78.9 Å². The Bertz CT molecular complexity index is 4600. The zero-order valence-corrected chi connectivity index (χ0v) is 41.5. The molecule has 0 aliphatic heterocycles. The minimum absolute atomic E-state index is 0.0664. The second kappa shape index (κ2) is 19.1. The lowest BCUT2D eigenvalue weighted by atomic mass is 9.92. The molecule has 0 N–H and O–H groups in total. The van der Waals surface area contributed by atoms with Gasteiger partial charge in [0, 0.05) is 27.1 Å². The highest BCUT2D eigenvalue weighted by molar-refractivity contribution is 6.14. The van der Waals surface area contributed by atoms with Crippen molar-refractivity contribution in [2.24, 2.45) is 0 Å². The van der Waals surface area contributed by atoms with Crippen molar-refractivity contribution in [3.8, 4) is 97.4 Å². The van der Waals surface area contributed by atoms with Crippen LogP contribution in [0.5, 0.6) is 0 Å². The van der Waals surface area contributed by atoms with Gasteiger partial charge in [0.2, 0.25) is 0 Å². The molecule has 13 heteroatoms. The molecule has 0 atom stereocenters. The van der Waals surface area contributed by atoms with E-state index in [0.29, 0.717) is 77.6 Å². The molecule has 0 aliphatic carbocycles. The number of rotatable bonds is 7. The highest BCUT2D eigenvalue weighted by Gasteiger charge is 2.39. The lowest BCUT2D eigenvalue weighted by Gasteiger charge is -2.21. The summed E-state index contributed by atoms with van der Waals surface area (Å²) in [6.07, 6.45) is -10.4. The molecule has 12 aromatic rings. The summed E-state index contributed by atoms with van der Waals surface area (Å²) in [5, 5.41) is 53.3. The second-order valence-corrected chi connectivity index (χ2v) is 19.1. The molecule has 7 nitrogen and oxygen atoms in total. The summed E-state index contributed by atoms with van der Waals surface area (Å²) in [5.74, 6) is 0. The number of hydrogen-bond donors (Lipinski definition) is 0. The Kier molecular flexibility index (Phi) is 11.9. The molecule has 0 spiro atoms. The summed E-state index contributed by atoms with van der Waals surface area (Å²) in [5.41, 5.74) is 6.30. The van der Waals surface area contributed by atoms with Gasteiger partial charge in [0.25, 0.3) is 0 Å². The number of halogens is 6. The number of nitriles is 5. The molecule has 2 aromatic heterocycles. The van der Waals surface area contributed by atoms with E-state index in [1.54, 1.807) is 72.8 Å². The molecule has 0 amide bonds. The van der Waals surface area contributed by atoms with Gasteiger partial charge in [-0.3, -0.25) is 0 Å². The fraction of sp³-hybridized carbons (Fsp3) is 0.0299. The average molecular weight is 1050 g/mol. The van der Waals surface area contributed by atoms with E-state index in [4.69, 9.17) is 0 Å². The van der Waals surface area contributed by atoms with E-state index in [0.717, 1.165) is 50.6 Å². The van der Waals surface area contributed by atoms with Crippen molar-refractivity contribution in [1.29, 1.82) is 26.3 Å². The Hall–Kier alpha value is -11.2. The number of aromatic nitrogens is 2. The van der Waals surface area contributed by atoms with E-state index < -0.39 is 29.0 Å². The highest BCUT2D eigenvalue weighted by atomic mass is 19.4. The summed E-state index contributed by atoms with van der Waals surface area (Å²) >= 11 is 0. The largest absolute Gasteiger partial charge is 0.417 e. The zero-order valence-electron chi connectivity index (χ0n) is 41.5. The van der Waals surface area contributed by atoms with Crippen molar-refractivity contribution in [2.75, 3.05) is 0 Å². The Morgan fingerprint density at radius 2 is 0.637 bits per heavy atom. The fourth-order valence-corrected chi connectivity index (χ4v) is 10.8. The predicted molar refractivity (Wildman–Crippen MR) is 296 cm³/mol. The van der Waals surface area contributed by atoms with Crippen LogP contribution in [-0.2, 0) is 12.4 Å². The fourth-order valence-electron chi connectivity index (χ4n) is 10.8. The molecule has 0 aliphatic rings. The number of fused-ring (bicyclic) bond motifs is 6. The molecule has 0 fully saturated rings. The van der Waals surface area contributed by atoms with Gasteiger partial charge in [0.05, 0.1) is 103 Å². The SMILES string of the molecule is N#Cc1cccc(-c2ccc3c(c2)c2cc(-c4cccc(C#N)c4)ccc2n3-c2cc(C#N)c(-c3ccc(C(F)(F)F)cc3C(F)(F)F)cc2-n2c3ccc(-c4cccc(C#N)c4)cc3c3cc(-c4cccc(C#N)c4)ccc32)c1. The van der Waals surface area contributed by atoms with E-state index in [1.807, 2.05) is 106 Å². The Labute approximate surface area is 452 Å². The quantitative estimate of drug-likeness (QED) is 0.147. The van der Waals surface area contributed by atoms with Gasteiger partial charge < -0.3 is 9.13 Å². The molecule has 0 saturated carbocycles. The Morgan fingerprint density at radius 1 is 0.300 bits per heavy atom. The van der Waals surface area contributed by atoms with Crippen LogP contribution in [0, 0.1) is 56.7 Å². The third-order valence-corrected chi connectivity index (χ3v) is 14.5. The Morgan fingerprint density at radius 3 is 0.950 bits per heavy atom. The van der Waals surface area contributed by atoms with Gasteiger partial charge in [0.15, 0.2) is 0 Å². The number of nitrogens with zero attached hydrogens (tertiary/aromatic N) is 7. The van der Waals surface area contributed by atoms with Gasteiger partial charge in [-0.25, -0.2) is 0 Å². The van der Waals surface area contributed by atoms with Crippen molar-refractivity contribution >= 4 is 43.6 Å². The van der Waals surface area contributed by atoms with Gasteiger partial charge in [-0.05, 0) is 171 Å². The molecule has 12 rings (SSSR count). The van der Waals surface area contributed by atoms with Crippen LogP contribution in [0.4, 0.5) is 26.3 Å². The summed E-state index contributed by atoms with van der Waals surface area (Å²) < 4.78 is 92.4. The minimum atomic E-state index is -5.30. The molecule has 0 radical (unpaired) electrons. The highest BCUT2D eigenvalue weighted by Crippen LogP contribution is 2.47. The molecular formula is C67H33F6N7. The van der Waals surface area contributed by atoms with Crippen LogP contribution < -0.4 is 0 Å². The first-order valence-electron chi connectivity index (χ1n) is 24.7. The summed E-state index contributed by atoms with van der Waals surface area (Å²) in [7, 11) is 0. The maximum absolute atomic E-state index is 15.3. The topological polar surface area (TPSA) is 129 Å². The molecule has 2 heterocycles. The van der Waals surface area contributed by atoms with E-state index in [9.17, 15) is 39.5 Å². The molecule has 0 bridgehead atoms. The molecule has 378 valence electrons. The zero-order chi connectivity index (χ0) is 55.6. The number of benzene rings is 10. The van der Waals surface area contributed by atoms with Gasteiger partial charge in [0.1, 0.15) is 0 Å². The van der Waals surface area contributed by atoms with Crippen molar-refractivity contribution in [3.05, 3.63) is 239 Å². The normalized spacial score (nSPS) is 11.6. The van der Waals surface area contributed by atoms with E-state index in [-0.39, 0.29) is 22.9 Å². The van der Waals surface area contributed by atoms with E-state index in [1.165, 1.54) is 12.1 Å². The maximum Gasteiger partial charge on any atom is 0.417 e. The third kappa shape index (κ3) is 8.57. The first-order chi connectivity index (χ1) is 38.7. The minimum Gasteiger partial charge on any atom is -0.307 e. The first kappa shape index (κ1) is 49.7. The van der Waals surface area contributed by atoms with Crippen LogP contribution in [0.15, 0.2) is 200 Å². The lowest BCUT2D eigenvalue weighted by Crippen LogP contribution is -2.13. The van der Waals surface area contributed by atoms with Crippen LogP contribution in [-0.4, -0.2) is 9.13 Å². The van der Waals surface area contributed by atoms with Gasteiger partial charge >= 0.3 is 12.4 Å². The van der Waals surface area contributed by atoms with Crippen LogP contribution in [0.1, 0.15) is 38.9 Å². The van der Waals surface area contributed by atoms with E-state index >= 15 is 13.2 Å². The maximum atomic E-state index is 15.3. The molecule has 0 unspecified atom stereocenters. The smallest absolute Gasteiger partial charge is 0.307 e. The van der Waals surface area contributed by atoms with Crippen LogP contribution >= 0.6 is 0 Å². The standard InChI is InChI=1S/C67H33F6N7/c68-66(69,70)52-17-18-53(59(32-52)67(71,72)73)54-33-65(80-62-21-15-49(45-11-3-7-41(25-45)36-76)29-57(62)58-30-50(16-22-63(58)80)46-12-4-8-42(26-46)37-77)64(31-51(54)38-78)79-60-19-13-47(43-9-1-5-39(23-43)34-74)27-55(60)56-28-48(14-20-61(56)79)44-10-2-6-40(24-44)35-75/h1-33H. The average Bonchev–Trinajstić information content (AvgIpc) is 4.08. The van der Waals surface area contributed by atoms with Crippen molar-refractivity contribution < 1.29 is 26.3 Å². The van der Waals surface area contributed by atoms with Crippen LogP contribution in [0.2, 0.25) is 0 Å². The van der Waals surface area contributed by atoms with Gasteiger partial charge in [-0.15, -0.1) is 0 Å². The molecule has 80 heavy (non-hydrogen) atoms. The predicted octanol–water partition coefficient (Wildman–Crippen LogP) is 17.6. The number of hydrogen-bond acceptors (Lipinski definition) is 5. The van der Waals surface area contributed by atoms with Crippen molar-refractivity contribution in [1.82, 2.24) is 9.13 Å². The monoisotopic (exact) mass is 1050 g/mol. The van der Waals surface area contributed by atoms with Crippen LogP contribution in [0.3, 0.4) is 0 Å². The molecular weight excluding hydrogens is 1020 g/mol. The summed E-state index contributed by atoms with van der Waals surface area (Å²) in [6, 6.07) is 66.4. The third-order valence-electron chi connectivity index (χ3n) is 14.5. The molecule has 0 saturated heterocycles. The molecule has 10 aromatic carbocycles. The lowest BCUT2D eigenvalue weighted by molar-refractivity contribution is -0.142. The summed E-state index contributed by atoms with van der Waals surface area (Å²) in [6.45, 7) is 0. The van der Waals surface area contributed by atoms with E-state index in [2.05, 4.69) is 30.3 Å². The van der Waals surface area contributed by atoms with Crippen molar-refractivity contribution in [3.63, 3.8) is 0 Å². The van der Waals surface area contributed by atoms with Gasteiger partial charge in [-0.2, -0.15) is 52.7 Å². The number of alkyl halides is 6. The van der Waals surface area contributed by atoms with Crippen molar-refractivity contribution in [2.45, 2.75) is 12.4 Å². The Balaban J connectivity index is 1.23.